The van der Waals surface area contributed by atoms with Gasteiger partial charge in [0.2, 0.25) is 5.91 Å². The molecular formula is C10H15F3N2O3. The molecule has 0 bridgehead atoms. The molecule has 1 aliphatic rings. The van der Waals surface area contributed by atoms with Gasteiger partial charge in [0.15, 0.2) is 5.41 Å². The number of nitrogens with zero attached hydrogens (tertiary/aromatic N) is 1. The fourth-order valence-electron chi connectivity index (χ4n) is 1.94. The van der Waals surface area contributed by atoms with Crippen molar-refractivity contribution in [3.8, 4) is 0 Å². The molecule has 1 aliphatic heterocycles. The molecule has 0 aromatic carbocycles. The number of nitrogens with one attached hydrogen (secondary N) is 1. The molecule has 5 nitrogen and oxygen atoms in total. The molecule has 1 amide bonds. The van der Waals surface area contributed by atoms with Crippen LogP contribution in [-0.4, -0.2) is 54.7 Å². The fourth-order valence-corrected chi connectivity index (χ4v) is 1.94. The largest absolute Gasteiger partial charge is 0.481 e. The quantitative estimate of drug-likeness (QED) is 0.777. The van der Waals surface area contributed by atoms with E-state index in [0.717, 1.165) is 4.90 Å². The minimum absolute atomic E-state index is 0.0596. The van der Waals surface area contributed by atoms with Crippen molar-refractivity contribution in [1.82, 2.24) is 10.2 Å². The first-order chi connectivity index (χ1) is 8.24. The van der Waals surface area contributed by atoms with Crippen molar-refractivity contribution in [2.24, 2.45) is 5.41 Å². The lowest BCUT2D eigenvalue weighted by Crippen LogP contribution is -2.47. The average molecular weight is 268 g/mol. The van der Waals surface area contributed by atoms with Gasteiger partial charge in [0.25, 0.3) is 0 Å². The van der Waals surface area contributed by atoms with E-state index in [1.807, 2.05) is 0 Å². The van der Waals surface area contributed by atoms with E-state index in [0.29, 0.717) is 6.54 Å². The van der Waals surface area contributed by atoms with Gasteiger partial charge in [-0.3, -0.25) is 9.59 Å². The van der Waals surface area contributed by atoms with Gasteiger partial charge >= 0.3 is 12.1 Å². The number of carbonyl (C=O) groups excluding carboxylic acids is 1. The lowest BCUT2D eigenvalue weighted by molar-refractivity contribution is -0.227. The van der Waals surface area contributed by atoms with Crippen LogP contribution in [0.15, 0.2) is 0 Å². The van der Waals surface area contributed by atoms with Crippen LogP contribution in [0, 0.1) is 5.41 Å². The van der Waals surface area contributed by atoms with Crippen LogP contribution in [0.25, 0.3) is 0 Å². The lowest BCUT2D eigenvalue weighted by atomic mass is 9.86. The Balaban J connectivity index is 2.79. The summed E-state index contributed by atoms with van der Waals surface area (Å²) in [5, 5.41) is 11.5. The number of aliphatic carboxylic acids is 1. The number of carboxylic acids is 1. The fraction of sp³-hybridized carbons (Fsp3) is 0.800. The van der Waals surface area contributed by atoms with E-state index in [2.05, 4.69) is 5.32 Å². The zero-order valence-corrected chi connectivity index (χ0v) is 9.88. The number of hydrogen-bond acceptors (Lipinski definition) is 3. The first-order valence-electron chi connectivity index (χ1n) is 5.47. The summed E-state index contributed by atoms with van der Waals surface area (Å²) >= 11 is 0. The highest BCUT2D eigenvalue weighted by molar-refractivity contribution is 5.81. The molecular weight excluding hydrogens is 253 g/mol. The van der Waals surface area contributed by atoms with Crippen molar-refractivity contribution in [3.05, 3.63) is 0 Å². The maximum Gasteiger partial charge on any atom is 0.406 e. The molecule has 0 aromatic heterocycles. The van der Waals surface area contributed by atoms with Crippen molar-refractivity contribution < 1.29 is 27.9 Å². The third kappa shape index (κ3) is 2.58. The molecule has 1 atom stereocenters. The zero-order chi connectivity index (χ0) is 14.0. The van der Waals surface area contributed by atoms with Crippen molar-refractivity contribution in [2.75, 3.05) is 26.7 Å². The van der Waals surface area contributed by atoms with E-state index in [9.17, 15) is 22.8 Å². The molecule has 1 rings (SSSR count). The second-order valence-electron chi connectivity index (χ2n) is 4.30. The van der Waals surface area contributed by atoms with Crippen LogP contribution in [0.4, 0.5) is 13.2 Å². The Kier molecular flexibility index (Phi) is 4.20. The summed E-state index contributed by atoms with van der Waals surface area (Å²) in [5.74, 6) is -2.38. The van der Waals surface area contributed by atoms with Crippen molar-refractivity contribution in [2.45, 2.75) is 19.0 Å². The highest BCUT2D eigenvalue weighted by Gasteiger charge is 2.64. The summed E-state index contributed by atoms with van der Waals surface area (Å²) in [5.41, 5.74) is -2.82. The van der Waals surface area contributed by atoms with Crippen LogP contribution in [0.3, 0.4) is 0 Å². The predicted octanol–water partition coefficient (Wildman–Crippen LogP) is 0.461. The zero-order valence-electron chi connectivity index (χ0n) is 9.88. The molecule has 0 saturated carbocycles. The average Bonchev–Trinajstić information content (AvgIpc) is 2.71. The number of rotatable bonds is 4. The molecule has 0 aromatic rings. The summed E-state index contributed by atoms with van der Waals surface area (Å²) in [4.78, 5) is 23.4. The summed E-state index contributed by atoms with van der Waals surface area (Å²) < 4.78 is 38.5. The predicted molar refractivity (Wildman–Crippen MR) is 55.9 cm³/mol. The molecule has 8 heteroatoms. The third-order valence-electron chi connectivity index (χ3n) is 3.16. The second kappa shape index (κ2) is 5.13. The van der Waals surface area contributed by atoms with E-state index in [1.54, 1.807) is 7.05 Å². The van der Waals surface area contributed by atoms with E-state index >= 15 is 0 Å². The summed E-state index contributed by atoms with van der Waals surface area (Å²) in [6, 6.07) is 0. The second-order valence-corrected chi connectivity index (χ2v) is 4.30. The summed E-state index contributed by atoms with van der Waals surface area (Å²) in [6.45, 7) is -0.621. The van der Waals surface area contributed by atoms with Crippen molar-refractivity contribution in [1.29, 1.82) is 0 Å². The molecule has 104 valence electrons. The molecule has 18 heavy (non-hydrogen) atoms. The minimum atomic E-state index is -4.85. The van der Waals surface area contributed by atoms with Crippen LogP contribution in [0.5, 0.6) is 0 Å². The van der Waals surface area contributed by atoms with Gasteiger partial charge in [-0.1, -0.05) is 0 Å². The van der Waals surface area contributed by atoms with E-state index in [4.69, 9.17) is 5.11 Å². The molecule has 1 fully saturated rings. The maximum absolute atomic E-state index is 12.8. The molecule has 1 unspecified atom stereocenters. The molecule has 2 N–H and O–H groups in total. The Bertz CT molecular complexity index is 346. The van der Waals surface area contributed by atoms with Crippen molar-refractivity contribution >= 4 is 11.9 Å². The normalized spacial score (nSPS) is 24.3. The third-order valence-corrected chi connectivity index (χ3v) is 3.16. The number of carboxylic acid groups (broad SMARTS) is 1. The number of amides is 1. The number of likely N-dealkylation sites (tertiary alicyclic amines) is 1. The molecule has 0 spiro atoms. The molecule has 1 saturated heterocycles. The summed E-state index contributed by atoms with van der Waals surface area (Å²) in [6.07, 6.45) is -5.38. The number of halogens is 3. The number of hydrogen-bond donors (Lipinski definition) is 2. The highest BCUT2D eigenvalue weighted by Crippen LogP contribution is 2.45. The Labute approximate surface area is 102 Å². The van der Waals surface area contributed by atoms with Gasteiger partial charge in [0, 0.05) is 26.1 Å². The first kappa shape index (κ1) is 14.7. The van der Waals surface area contributed by atoms with Gasteiger partial charge < -0.3 is 15.3 Å². The highest BCUT2D eigenvalue weighted by atomic mass is 19.4. The molecule has 0 radical (unpaired) electrons. The van der Waals surface area contributed by atoms with Gasteiger partial charge in [0.1, 0.15) is 0 Å². The Hall–Kier alpha value is -1.31. The van der Waals surface area contributed by atoms with E-state index in [-0.39, 0.29) is 13.0 Å². The lowest BCUT2D eigenvalue weighted by Gasteiger charge is -2.27. The van der Waals surface area contributed by atoms with Gasteiger partial charge in [-0.05, 0) is 13.5 Å². The van der Waals surface area contributed by atoms with E-state index in [1.165, 1.54) is 0 Å². The Morgan fingerprint density at radius 3 is 2.44 bits per heavy atom. The van der Waals surface area contributed by atoms with Crippen LogP contribution in [0.1, 0.15) is 12.8 Å². The molecule has 0 aliphatic carbocycles. The monoisotopic (exact) mass is 268 g/mol. The van der Waals surface area contributed by atoms with Gasteiger partial charge in [-0.25, -0.2) is 0 Å². The maximum atomic E-state index is 12.8. The number of carbonyl (C=O) groups is 2. The Morgan fingerprint density at radius 1 is 1.44 bits per heavy atom. The smallest absolute Gasteiger partial charge is 0.406 e. The standard InChI is InChI=1S/C10H15F3N2O3/c1-14-4-2-7(16)15-5-3-9(6-15,8(17)18)10(11,12)13/h14H,2-6H2,1H3,(H,17,18). The minimum Gasteiger partial charge on any atom is -0.481 e. The van der Waals surface area contributed by atoms with Gasteiger partial charge in [0.05, 0.1) is 0 Å². The van der Waals surface area contributed by atoms with Crippen LogP contribution >= 0.6 is 0 Å². The van der Waals surface area contributed by atoms with Gasteiger partial charge in [-0.15, -0.1) is 0 Å². The van der Waals surface area contributed by atoms with Crippen LogP contribution < -0.4 is 5.32 Å². The van der Waals surface area contributed by atoms with E-state index < -0.39 is 36.4 Å². The first-order valence-corrected chi connectivity index (χ1v) is 5.47. The van der Waals surface area contributed by atoms with Gasteiger partial charge in [-0.2, -0.15) is 13.2 Å². The summed E-state index contributed by atoms with van der Waals surface area (Å²) in [7, 11) is 1.62. The SMILES string of the molecule is CNCCC(=O)N1CCC(C(=O)O)(C(F)(F)F)C1. The van der Waals surface area contributed by atoms with Crippen LogP contribution in [0.2, 0.25) is 0 Å². The van der Waals surface area contributed by atoms with Crippen molar-refractivity contribution in [3.63, 3.8) is 0 Å². The van der Waals surface area contributed by atoms with Crippen LogP contribution in [-0.2, 0) is 9.59 Å². The topological polar surface area (TPSA) is 69.6 Å². The Morgan fingerprint density at radius 2 is 2.06 bits per heavy atom. The molecule has 1 heterocycles. The number of alkyl halides is 3.